The lowest BCUT2D eigenvalue weighted by Gasteiger charge is -2.34. The maximum absolute atomic E-state index is 12.3. The zero-order chi connectivity index (χ0) is 24.0. The smallest absolute Gasteiger partial charge is 0.409 e. The van der Waals surface area contributed by atoms with Crippen LogP contribution in [0.3, 0.4) is 0 Å². The van der Waals surface area contributed by atoms with Crippen molar-refractivity contribution in [3.63, 3.8) is 0 Å². The molecule has 1 saturated heterocycles. The van der Waals surface area contributed by atoms with Crippen molar-refractivity contribution < 1.29 is 24.2 Å². The third kappa shape index (κ3) is 5.38. The molecule has 15 nitrogen and oxygen atoms in total. The minimum absolute atomic E-state index is 0.0330. The maximum Gasteiger partial charge on any atom is 0.409 e. The first-order chi connectivity index (χ1) is 15.8. The molecule has 2 N–H and O–H groups in total. The Morgan fingerprint density at radius 1 is 1.06 bits per heavy atom. The Balaban J connectivity index is 1.72. The van der Waals surface area contributed by atoms with Gasteiger partial charge < -0.3 is 14.5 Å². The molecule has 0 spiro atoms. The molecule has 1 aromatic heterocycles. The van der Waals surface area contributed by atoms with E-state index < -0.39 is 27.5 Å². The van der Waals surface area contributed by atoms with Crippen molar-refractivity contribution in [3.8, 4) is 0 Å². The number of nitrogens with one attached hydrogen (secondary N) is 2. The summed E-state index contributed by atoms with van der Waals surface area (Å²) in [6.07, 6.45) is 0.658. The number of amides is 2. The Morgan fingerprint density at radius 3 is 2.30 bits per heavy atom. The van der Waals surface area contributed by atoms with Crippen LogP contribution in [0.1, 0.15) is 17.3 Å². The number of hydrogen-bond donors (Lipinski definition) is 2. The summed E-state index contributed by atoms with van der Waals surface area (Å²) in [6, 6.07) is 4.82. The van der Waals surface area contributed by atoms with Gasteiger partial charge in [0.2, 0.25) is 11.6 Å². The SMILES string of the molecule is CCOC(=O)N1CCN(c2ncnc(NNC(=O)c3ccc([N+](=O)[O-])cc3)c2[N+](=O)[O-])CC1. The fraction of sp³-hybridized carbons (Fsp3) is 0.333. The molecule has 1 aliphatic rings. The van der Waals surface area contributed by atoms with Crippen LogP contribution in [0.4, 0.5) is 27.8 Å². The molecule has 1 fully saturated rings. The van der Waals surface area contributed by atoms with Crippen molar-refractivity contribution in [3.05, 3.63) is 56.4 Å². The monoisotopic (exact) mass is 460 g/mol. The topological polar surface area (TPSA) is 186 Å². The van der Waals surface area contributed by atoms with Gasteiger partial charge in [-0.05, 0) is 19.1 Å². The normalized spacial score (nSPS) is 13.2. The average molecular weight is 460 g/mol. The number of aromatic nitrogens is 2. The van der Waals surface area contributed by atoms with Crippen molar-refractivity contribution in [2.45, 2.75) is 6.92 Å². The molecule has 0 atom stereocenters. The van der Waals surface area contributed by atoms with Crippen LogP contribution in [0.25, 0.3) is 0 Å². The second kappa shape index (κ2) is 10.2. The minimum Gasteiger partial charge on any atom is -0.450 e. The minimum atomic E-state index is -0.678. The van der Waals surface area contributed by atoms with E-state index in [1.165, 1.54) is 17.0 Å². The lowest BCUT2D eigenvalue weighted by molar-refractivity contribution is -0.384. The van der Waals surface area contributed by atoms with Gasteiger partial charge in [0.15, 0.2) is 0 Å². The number of hydrazine groups is 1. The predicted molar refractivity (Wildman–Crippen MR) is 114 cm³/mol. The molecular formula is C18H20N8O7. The Kier molecular flexibility index (Phi) is 7.12. The summed E-state index contributed by atoms with van der Waals surface area (Å²) < 4.78 is 4.96. The number of nitro groups is 2. The number of nitro benzene ring substituents is 1. The number of ether oxygens (including phenoxy) is 1. The molecular weight excluding hydrogens is 440 g/mol. The quantitative estimate of drug-likeness (QED) is 0.448. The molecule has 2 amide bonds. The zero-order valence-electron chi connectivity index (χ0n) is 17.5. The summed E-state index contributed by atoms with van der Waals surface area (Å²) in [5, 5.41) is 22.5. The van der Waals surface area contributed by atoms with Crippen molar-refractivity contribution in [1.82, 2.24) is 20.3 Å². The molecule has 1 aliphatic heterocycles. The van der Waals surface area contributed by atoms with Gasteiger partial charge in [-0.15, -0.1) is 0 Å². The van der Waals surface area contributed by atoms with Gasteiger partial charge in [-0.1, -0.05) is 0 Å². The summed E-state index contributed by atoms with van der Waals surface area (Å²) in [5.41, 5.74) is 4.16. The third-order valence-electron chi connectivity index (χ3n) is 4.73. The lowest BCUT2D eigenvalue weighted by Crippen LogP contribution is -2.49. The number of carbonyl (C=O) groups excluding carboxylic acids is 2. The predicted octanol–water partition coefficient (Wildman–Crippen LogP) is 1.33. The first kappa shape index (κ1) is 23.1. The van der Waals surface area contributed by atoms with E-state index in [-0.39, 0.29) is 42.6 Å². The van der Waals surface area contributed by atoms with Crippen LogP contribution in [0.15, 0.2) is 30.6 Å². The molecule has 0 bridgehead atoms. The van der Waals surface area contributed by atoms with Crippen LogP contribution in [-0.4, -0.2) is 69.5 Å². The molecule has 1 aromatic carbocycles. The molecule has 2 aromatic rings. The van der Waals surface area contributed by atoms with E-state index in [9.17, 15) is 29.8 Å². The summed E-state index contributed by atoms with van der Waals surface area (Å²) in [7, 11) is 0. The van der Waals surface area contributed by atoms with Gasteiger partial charge >= 0.3 is 11.8 Å². The molecule has 33 heavy (non-hydrogen) atoms. The van der Waals surface area contributed by atoms with Crippen molar-refractivity contribution in [2.75, 3.05) is 43.1 Å². The van der Waals surface area contributed by atoms with Gasteiger partial charge in [-0.3, -0.25) is 35.9 Å². The van der Waals surface area contributed by atoms with Crippen LogP contribution < -0.4 is 15.8 Å². The molecule has 2 heterocycles. The fourth-order valence-corrected chi connectivity index (χ4v) is 3.10. The Hall–Kier alpha value is -4.56. The summed E-state index contributed by atoms with van der Waals surface area (Å²) in [6.45, 7) is 3.10. The summed E-state index contributed by atoms with van der Waals surface area (Å²) >= 11 is 0. The van der Waals surface area contributed by atoms with E-state index in [4.69, 9.17) is 4.74 Å². The second-order valence-corrected chi connectivity index (χ2v) is 6.71. The third-order valence-corrected chi connectivity index (χ3v) is 4.73. The van der Waals surface area contributed by atoms with E-state index in [2.05, 4.69) is 20.8 Å². The molecule has 0 saturated carbocycles. The first-order valence-electron chi connectivity index (χ1n) is 9.78. The van der Waals surface area contributed by atoms with Crippen LogP contribution in [0, 0.1) is 20.2 Å². The number of rotatable bonds is 7. The summed E-state index contributed by atoms with van der Waals surface area (Å²) in [5.74, 6) is -0.888. The van der Waals surface area contributed by atoms with Crippen LogP contribution >= 0.6 is 0 Å². The number of hydrogen-bond acceptors (Lipinski definition) is 11. The molecule has 15 heteroatoms. The lowest BCUT2D eigenvalue weighted by atomic mass is 10.2. The van der Waals surface area contributed by atoms with Crippen molar-refractivity contribution in [1.29, 1.82) is 0 Å². The maximum atomic E-state index is 12.3. The van der Waals surface area contributed by atoms with Crippen LogP contribution in [0.5, 0.6) is 0 Å². The highest BCUT2D eigenvalue weighted by atomic mass is 16.6. The Labute approximate surface area is 186 Å². The van der Waals surface area contributed by atoms with Gasteiger partial charge in [-0.2, -0.15) is 0 Å². The number of carbonyl (C=O) groups is 2. The molecule has 0 radical (unpaired) electrons. The number of benzene rings is 1. The van der Waals surface area contributed by atoms with Gasteiger partial charge in [0.05, 0.1) is 16.5 Å². The molecule has 0 aliphatic carbocycles. The first-order valence-corrected chi connectivity index (χ1v) is 9.78. The fourth-order valence-electron chi connectivity index (χ4n) is 3.10. The Morgan fingerprint density at radius 2 is 1.73 bits per heavy atom. The van der Waals surface area contributed by atoms with Crippen LogP contribution in [-0.2, 0) is 4.74 Å². The highest BCUT2D eigenvalue weighted by Gasteiger charge is 2.31. The van der Waals surface area contributed by atoms with E-state index in [1.807, 2.05) is 0 Å². The van der Waals surface area contributed by atoms with Crippen molar-refractivity contribution >= 4 is 35.0 Å². The van der Waals surface area contributed by atoms with E-state index in [1.54, 1.807) is 11.8 Å². The number of piperazine rings is 1. The van der Waals surface area contributed by atoms with Gasteiger partial charge in [0, 0.05) is 43.9 Å². The second-order valence-electron chi connectivity index (χ2n) is 6.71. The molecule has 3 rings (SSSR count). The Bertz CT molecular complexity index is 1050. The van der Waals surface area contributed by atoms with Crippen LogP contribution in [0.2, 0.25) is 0 Å². The number of nitrogens with zero attached hydrogens (tertiary/aromatic N) is 6. The average Bonchev–Trinajstić information content (AvgIpc) is 2.82. The van der Waals surface area contributed by atoms with Crippen molar-refractivity contribution in [2.24, 2.45) is 0 Å². The van der Waals surface area contributed by atoms with Gasteiger partial charge in [0.1, 0.15) is 6.33 Å². The largest absolute Gasteiger partial charge is 0.450 e. The highest BCUT2D eigenvalue weighted by molar-refractivity contribution is 5.95. The van der Waals surface area contributed by atoms with Gasteiger partial charge in [0.25, 0.3) is 11.6 Å². The van der Waals surface area contributed by atoms with E-state index in [0.29, 0.717) is 13.1 Å². The van der Waals surface area contributed by atoms with E-state index in [0.717, 1.165) is 18.5 Å². The number of non-ortho nitro benzene ring substituents is 1. The zero-order valence-corrected chi connectivity index (χ0v) is 17.5. The molecule has 174 valence electrons. The number of anilines is 2. The molecule has 0 unspecified atom stereocenters. The van der Waals surface area contributed by atoms with E-state index >= 15 is 0 Å². The standard InChI is InChI=1S/C18H20N8O7/c1-2-33-18(28)24-9-7-23(8-10-24)16-14(26(31)32)15(19-11-20-16)21-22-17(27)12-3-5-13(6-4-12)25(29)30/h3-6,11H,2,7-10H2,1H3,(H,22,27)(H,19,20,21). The summed E-state index contributed by atoms with van der Waals surface area (Å²) in [4.78, 5) is 56.4. The highest BCUT2D eigenvalue weighted by Crippen LogP contribution is 2.32. The van der Waals surface area contributed by atoms with Gasteiger partial charge in [-0.25, -0.2) is 14.8 Å².